The normalized spacial score (nSPS) is 12.6. The lowest BCUT2D eigenvalue weighted by Crippen LogP contribution is -2.27. The van der Waals surface area contributed by atoms with Crippen LogP contribution in [0.2, 0.25) is 0 Å². The molecule has 3 aromatic rings. The summed E-state index contributed by atoms with van der Waals surface area (Å²) in [7, 11) is 0. The van der Waals surface area contributed by atoms with Crippen LogP contribution in [0.1, 0.15) is 34.6 Å². The molecule has 3 rings (SSSR count). The van der Waals surface area contributed by atoms with Crippen molar-refractivity contribution in [1.82, 2.24) is 10.5 Å². The second-order valence-electron chi connectivity index (χ2n) is 6.02. The molecule has 1 aromatic heterocycles. The third-order valence-corrected chi connectivity index (χ3v) is 4.01. The van der Waals surface area contributed by atoms with Gasteiger partial charge >= 0.3 is 6.18 Å². The first-order valence-electron chi connectivity index (χ1n) is 8.05. The van der Waals surface area contributed by atoms with Crippen molar-refractivity contribution in [2.75, 3.05) is 0 Å². The average molecular weight is 396 g/mol. The van der Waals surface area contributed by atoms with E-state index in [1.807, 2.05) is 0 Å². The van der Waals surface area contributed by atoms with Gasteiger partial charge in [0.1, 0.15) is 0 Å². The number of hydrogen-bond acceptors (Lipinski definition) is 3. The minimum atomic E-state index is -4.49. The number of hydrogen-bond donors (Lipinski definition) is 1. The van der Waals surface area contributed by atoms with Crippen LogP contribution in [0, 0.1) is 11.6 Å². The van der Waals surface area contributed by atoms with Gasteiger partial charge in [-0.15, -0.1) is 0 Å². The number of rotatable bonds is 4. The molecular weight excluding hydrogens is 383 g/mol. The number of carbonyl (C=O) groups excluding carboxylic acids is 1. The van der Waals surface area contributed by atoms with E-state index in [0.29, 0.717) is 0 Å². The Kier molecular flexibility index (Phi) is 5.17. The van der Waals surface area contributed by atoms with Crippen molar-refractivity contribution in [1.29, 1.82) is 0 Å². The number of amides is 1. The fourth-order valence-corrected chi connectivity index (χ4v) is 2.51. The van der Waals surface area contributed by atoms with Crippen molar-refractivity contribution in [2.45, 2.75) is 19.1 Å². The molecule has 0 aliphatic carbocycles. The summed E-state index contributed by atoms with van der Waals surface area (Å²) in [6, 6.07) is 8.12. The van der Waals surface area contributed by atoms with Crippen LogP contribution in [0.5, 0.6) is 0 Å². The number of halogens is 5. The lowest BCUT2D eigenvalue weighted by atomic mass is 10.0. The quantitative estimate of drug-likeness (QED) is 0.622. The first-order valence-corrected chi connectivity index (χ1v) is 8.05. The highest BCUT2D eigenvalue weighted by Crippen LogP contribution is 2.31. The zero-order chi connectivity index (χ0) is 20.5. The van der Waals surface area contributed by atoms with Crippen LogP contribution in [0.15, 0.2) is 53.1 Å². The van der Waals surface area contributed by atoms with E-state index in [-0.39, 0.29) is 22.6 Å². The third kappa shape index (κ3) is 4.19. The number of aromatic nitrogens is 1. The summed E-state index contributed by atoms with van der Waals surface area (Å²) in [5, 5.41) is 6.08. The number of carbonyl (C=O) groups is 1. The first-order chi connectivity index (χ1) is 13.1. The van der Waals surface area contributed by atoms with Gasteiger partial charge in [0.25, 0.3) is 5.91 Å². The summed E-state index contributed by atoms with van der Waals surface area (Å²) in [5.41, 5.74) is -0.546. The Hall–Kier alpha value is -3.23. The Morgan fingerprint density at radius 2 is 1.82 bits per heavy atom. The van der Waals surface area contributed by atoms with E-state index in [4.69, 9.17) is 4.52 Å². The van der Waals surface area contributed by atoms with Crippen LogP contribution in [-0.4, -0.2) is 11.1 Å². The van der Waals surface area contributed by atoms with Crippen LogP contribution < -0.4 is 5.32 Å². The molecule has 1 heterocycles. The molecule has 0 saturated heterocycles. The van der Waals surface area contributed by atoms with Crippen molar-refractivity contribution in [3.05, 3.63) is 77.0 Å². The molecule has 0 fully saturated rings. The van der Waals surface area contributed by atoms with Gasteiger partial charge in [-0.2, -0.15) is 13.2 Å². The lowest BCUT2D eigenvalue weighted by Gasteiger charge is -2.15. The first kappa shape index (κ1) is 19.5. The van der Waals surface area contributed by atoms with Crippen LogP contribution in [0.3, 0.4) is 0 Å². The predicted molar refractivity (Wildman–Crippen MR) is 89.2 cm³/mol. The molecule has 0 radical (unpaired) electrons. The zero-order valence-corrected chi connectivity index (χ0v) is 14.3. The molecule has 4 nitrogen and oxygen atoms in total. The van der Waals surface area contributed by atoms with Crippen molar-refractivity contribution >= 4 is 5.91 Å². The van der Waals surface area contributed by atoms with Gasteiger partial charge in [0.05, 0.1) is 11.6 Å². The van der Waals surface area contributed by atoms with Gasteiger partial charge in [0, 0.05) is 11.6 Å². The van der Waals surface area contributed by atoms with Crippen molar-refractivity contribution < 1.29 is 31.3 Å². The summed E-state index contributed by atoms with van der Waals surface area (Å²) >= 11 is 0. The Balaban J connectivity index is 1.75. The molecular formula is C19H13F5N2O2. The van der Waals surface area contributed by atoms with E-state index in [2.05, 4.69) is 10.5 Å². The zero-order valence-electron chi connectivity index (χ0n) is 14.3. The molecule has 0 aliphatic rings. The van der Waals surface area contributed by atoms with E-state index in [1.165, 1.54) is 31.2 Å². The average Bonchev–Trinajstić information content (AvgIpc) is 3.13. The summed E-state index contributed by atoms with van der Waals surface area (Å²) in [6.07, 6.45) is -4.49. The largest absolute Gasteiger partial charge is 0.416 e. The van der Waals surface area contributed by atoms with Gasteiger partial charge in [-0.05, 0) is 42.8 Å². The Bertz CT molecular complexity index is 1010. The van der Waals surface area contributed by atoms with Gasteiger partial charge < -0.3 is 9.84 Å². The van der Waals surface area contributed by atoms with Crippen molar-refractivity contribution in [3.63, 3.8) is 0 Å². The molecule has 2 aromatic carbocycles. The van der Waals surface area contributed by atoms with E-state index >= 15 is 0 Å². The second kappa shape index (κ2) is 7.41. The Labute approximate surface area is 156 Å². The summed E-state index contributed by atoms with van der Waals surface area (Å²) < 4.78 is 69.7. The topological polar surface area (TPSA) is 55.1 Å². The maximum absolute atomic E-state index is 13.3. The maximum Gasteiger partial charge on any atom is 0.416 e. The molecule has 0 unspecified atom stereocenters. The molecule has 1 amide bonds. The summed E-state index contributed by atoms with van der Waals surface area (Å²) in [5.74, 6) is -2.77. The molecule has 9 heteroatoms. The van der Waals surface area contributed by atoms with E-state index in [0.717, 1.165) is 24.3 Å². The fraction of sp³-hybridized carbons (Fsp3) is 0.158. The minimum absolute atomic E-state index is 0.0378. The summed E-state index contributed by atoms with van der Waals surface area (Å²) in [6.45, 7) is 1.52. The molecule has 0 saturated carbocycles. The van der Waals surface area contributed by atoms with Gasteiger partial charge in [-0.25, -0.2) is 8.78 Å². The van der Waals surface area contributed by atoms with Gasteiger partial charge in [-0.3, -0.25) is 4.79 Å². The molecule has 28 heavy (non-hydrogen) atoms. The van der Waals surface area contributed by atoms with Crippen molar-refractivity contribution in [3.8, 4) is 11.3 Å². The number of nitrogens with zero attached hydrogens (tertiary/aromatic N) is 1. The summed E-state index contributed by atoms with van der Waals surface area (Å²) in [4.78, 5) is 12.3. The van der Waals surface area contributed by atoms with Crippen LogP contribution in [-0.2, 0) is 6.18 Å². The molecule has 1 atom stereocenters. The maximum atomic E-state index is 13.3. The van der Waals surface area contributed by atoms with E-state index < -0.39 is 35.3 Å². The molecule has 0 spiro atoms. The highest BCUT2D eigenvalue weighted by atomic mass is 19.4. The lowest BCUT2D eigenvalue weighted by molar-refractivity contribution is -0.137. The number of nitrogens with one attached hydrogen (secondary N) is 1. The Morgan fingerprint density at radius 1 is 1.07 bits per heavy atom. The van der Waals surface area contributed by atoms with Gasteiger partial charge in [0.15, 0.2) is 23.1 Å². The van der Waals surface area contributed by atoms with Crippen LogP contribution in [0.4, 0.5) is 22.0 Å². The molecule has 0 aliphatic heterocycles. The number of benzene rings is 2. The van der Waals surface area contributed by atoms with Gasteiger partial charge in [0.2, 0.25) is 0 Å². The number of alkyl halides is 3. The molecule has 146 valence electrons. The highest BCUT2D eigenvalue weighted by molar-refractivity contribution is 5.93. The standard InChI is InChI=1S/C19H13F5N2O2/c1-10(11-3-2-4-13(7-11)19(22,23)24)25-18(27)16-9-17(28-26-16)12-5-6-14(20)15(21)8-12/h2-10H,1H3,(H,25,27)/t10-/m0/s1. The van der Waals surface area contributed by atoms with E-state index in [9.17, 15) is 26.7 Å². The second-order valence-corrected chi connectivity index (χ2v) is 6.02. The Morgan fingerprint density at radius 3 is 2.50 bits per heavy atom. The van der Waals surface area contributed by atoms with Crippen molar-refractivity contribution in [2.24, 2.45) is 0 Å². The van der Waals surface area contributed by atoms with E-state index in [1.54, 1.807) is 0 Å². The highest BCUT2D eigenvalue weighted by Gasteiger charge is 2.30. The fourth-order valence-electron chi connectivity index (χ4n) is 2.51. The molecule has 1 N–H and O–H groups in total. The SMILES string of the molecule is C[C@H](NC(=O)c1cc(-c2ccc(F)c(F)c2)on1)c1cccc(C(F)(F)F)c1. The van der Waals surface area contributed by atoms with Crippen LogP contribution >= 0.6 is 0 Å². The molecule has 0 bridgehead atoms. The smallest absolute Gasteiger partial charge is 0.355 e. The third-order valence-electron chi connectivity index (χ3n) is 4.01. The monoisotopic (exact) mass is 396 g/mol. The van der Waals surface area contributed by atoms with Gasteiger partial charge in [-0.1, -0.05) is 17.3 Å². The minimum Gasteiger partial charge on any atom is -0.355 e. The predicted octanol–water partition coefficient (Wildman–Crippen LogP) is 5.13. The van der Waals surface area contributed by atoms with Crippen LogP contribution in [0.25, 0.3) is 11.3 Å².